The minimum Gasteiger partial charge on any atom is -0.399 e. The molecule has 3 rings (SSSR count). The molecule has 1 aromatic heterocycles. The Bertz CT molecular complexity index is 566. The number of benzene rings is 1. The lowest BCUT2D eigenvalue weighted by Gasteiger charge is -2.35. The summed E-state index contributed by atoms with van der Waals surface area (Å²) < 4.78 is 5.27. The molecular formula is C13H16N4O. The maximum Gasteiger partial charge on any atom is 0.137 e. The average Bonchev–Trinajstić information content (AvgIpc) is 2.32. The van der Waals surface area contributed by atoms with E-state index in [-0.39, 0.29) is 0 Å². The van der Waals surface area contributed by atoms with Crippen molar-refractivity contribution in [2.45, 2.75) is 25.0 Å². The zero-order valence-corrected chi connectivity index (χ0v) is 10.3. The predicted octanol–water partition coefficient (Wildman–Crippen LogP) is 1.80. The first-order chi connectivity index (χ1) is 8.76. The molecule has 3 N–H and O–H groups in total. The summed E-state index contributed by atoms with van der Waals surface area (Å²) in [7, 11) is 1.75. The van der Waals surface area contributed by atoms with Crippen molar-refractivity contribution < 1.29 is 4.74 Å². The maximum atomic E-state index is 5.75. The van der Waals surface area contributed by atoms with Crippen molar-refractivity contribution in [2.24, 2.45) is 0 Å². The second kappa shape index (κ2) is 4.42. The molecule has 0 aliphatic heterocycles. The van der Waals surface area contributed by atoms with E-state index in [4.69, 9.17) is 10.5 Å². The molecule has 0 radical (unpaired) electrons. The number of hydrogen-bond acceptors (Lipinski definition) is 5. The third kappa shape index (κ3) is 1.97. The van der Waals surface area contributed by atoms with Gasteiger partial charge in [0.05, 0.1) is 11.6 Å². The number of nitrogens with two attached hydrogens (primary N) is 1. The van der Waals surface area contributed by atoms with Crippen LogP contribution in [0, 0.1) is 0 Å². The molecule has 1 saturated carbocycles. The van der Waals surface area contributed by atoms with Crippen molar-refractivity contribution in [3.8, 4) is 0 Å². The Kier molecular flexibility index (Phi) is 2.76. The summed E-state index contributed by atoms with van der Waals surface area (Å²) in [5, 5.41) is 4.44. The highest BCUT2D eigenvalue weighted by Crippen LogP contribution is 2.28. The van der Waals surface area contributed by atoms with Crippen LogP contribution in [0.15, 0.2) is 24.5 Å². The molecule has 0 bridgehead atoms. The summed E-state index contributed by atoms with van der Waals surface area (Å²) in [5.41, 5.74) is 7.34. The standard InChI is InChI=1S/C13H16N4O/c1-18-10-5-9(6-10)17-13-11-3-2-8(14)4-12(11)15-7-16-13/h2-4,7,9-10H,5-6,14H2,1H3,(H,15,16,17). The van der Waals surface area contributed by atoms with Gasteiger partial charge in [-0.2, -0.15) is 0 Å². The highest BCUT2D eigenvalue weighted by molar-refractivity contribution is 5.90. The Morgan fingerprint density at radius 1 is 1.33 bits per heavy atom. The van der Waals surface area contributed by atoms with E-state index in [0.717, 1.165) is 35.2 Å². The Labute approximate surface area is 105 Å². The Morgan fingerprint density at radius 2 is 2.17 bits per heavy atom. The van der Waals surface area contributed by atoms with Gasteiger partial charge in [-0.15, -0.1) is 0 Å². The third-order valence-corrected chi connectivity index (χ3v) is 3.43. The van der Waals surface area contributed by atoms with E-state index in [2.05, 4.69) is 15.3 Å². The van der Waals surface area contributed by atoms with Gasteiger partial charge in [0.2, 0.25) is 0 Å². The fourth-order valence-electron chi connectivity index (χ4n) is 2.26. The second-order valence-electron chi connectivity index (χ2n) is 4.67. The smallest absolute Gasteiger partial charge is 0.137 e. The van der Waals surface area contributed by atoms with Gasteiger partial charge < -0.3 is 15.8 Å². The molecule has 2 aromatic rings. The van der Waals surface area contributed by atoms with E-state index in [1.165, 1.54) is 0 Å². The first kappa shape index (κ1) is 11.2. The van der Waals surface area contributed by atoms with Gasteiger partial charge in [0.25, 0.3) is 0 Å². The van der Waals surface area contributed by atoms with Crippen molar-refractivity contribution in [3.63, 3.8) is 0 Å². The minimum absolute atomic E-state index is 0.381. The number of fused-ring (bicyclic) bond motifs is 1. The Hall–Kier alpha value is -1.88. The van der Waals surface area contributed by atoms with Gasteiger partial charge in [-0.05, 0) is 31.0 Å². The maximum absolute atomic E-state index is 5.75. The third-order valence-electron chi connectivity index (χ3n) is 3.43. The fraction of sp³-hybridized carbons (Fsp3) is 0.385. The number of hydrogen-bond donors (Lipinski definition) is 2. The van der Waals surface area contributed by atoms with E-state index in [9.17, 15) is 0 Å². The van der Waals surface area contributed by atoms with Crippen molar-refractivity contribution in [3.05, 3.63) is 24.5 Å². The number of ether oxygens (including phenoxy) is 1. The fourth-order valence-corrected chi connectivity index (χ4v) is 2.26. The molecule has 5 heteroatoms. The van der Waals surface area contributed by atoms with Crippen LogP contribution in [-0.4, -0.2) is 29.2 Å². The van der Waals surface area contributed by atoms with Crippen LogP contribution < -0.4 is 11.1 Å². The van der Waals surface area contributed by atoms with Crippen molar-refractivity contribution in [1.82, 2.24) is 9.97 Å². The molecule has 18 heavy (non-hydrogen) atoms. The Morgan fingerprint density at radius 3 is 2.94 bits per heavy atom. The van der Waals surface area contributed by atoms with Gasteiger partial charge in [0, 0.05) is 24.2 Å². The number of anilines is 2. The number of nitrogens with one attached hydrogen (secondary N) is 1. The first-order valence-electron chi connectivity index (χ1n) is 6.06. The molecule has 1 aliphatic carbocycles. The molecule has 0 amide bonds. The van der Waals surface area contributed by atoms with Crippen LogP contribution in [0.2, 0.25) is 0 Å². The highest BCUT2D eigenvalue weighted by Gasteiger charge is 2.29. The SMILES string of the molecule is COC1CC(Nc2ncnc3cc(N)ccc23)C1. The van der Waals surface area contributed by atoms with Gasteiger partial charge in [0.1, 0.15) is 12.1 Å². The summed E-state index contributed by atoms with van der Waals surface area (Å²) in [4.78, 5) is 8.53. The molecule has 0 spiro atoms. The topological polar surface area (TPSA) is 73.1 Å². The molecule has 0 saturated heterocycles. The first-order valence-corrected chi connectivity index (χ1v) is 6.06. The number of nitrogen functional groups attached to an aromatic ring is 1. The lowest BCUT2D eigenvalue weighted by atomic mass is 9.89. The molecule has 1 heterocycles. The largest absolute Gasteiger partial charge is 0.399 e. The van der Waals surface area contributed by atoms with Crippen molar-refractivity contribution in [1.29, 1.82) is 0 Å². The minimum atomic E-state index is 0.381. The number of nitrogens with zero attached hydrogens (tertiary/aromatic N) is 2. The zero-order valence-electron chi connectivity index (χ0n) is 10.3. The molecule has 0 atom stereocenters. The van der Waals surface area contributed by atoms with Crippen LogP contribution >= 0.6 is 0 Å². The zero-order chi connectivity index (χ0) is 12.5. The number of aromatic nitrogens is 2. The molecule has 1 fully saturated rings. The summed E-state index contributed by atoms with van der Waals surface area (Å²) in [5.74, 6) is 0.875. The van der Waals surface area contributed by atoms with Gasteiger partial charge in [-0.1, -0.05) is 0 Å². The highest BCUT2D eigenvalue weighted by atomic mass is 16.5. The molecule has 5 nitrogen and oxygen atoms in total. The van der Waals surface area contributed by atoms with Crippen LogP contribution in [0.25, 0.3) is 10.9 Å². The van der Waals surface area contributed by atoms with Gasteiger partial charge in [0.15, 0.2) is 0 Å². The average molecular weight is 244 g/mol. The van der Waals surface area contributed by atoms with Crippen LogP contribution in [0.3, 0.4) is 0 Å². The predicted molar refractivity (Wildman–Crippen MR) is 71.4 cm³/mol. The molecule has 1 aromatic carbocycles. The van der Waals surface area contributed by atoms with Crippen LogP contribution in [-0.2, 0) is 4.74 Å². The van der Waals surface area contributed by atoms with Crippen molar-refractivity contribution in [2.75, 3.05) is 18.2 Å². The number of rotatable bonds is 3. The lowest BCUT2D eigenvalue weighted by molar-refractivity contribution is 0.0328. The van der Waals surface area contributed by atoms with Crippen LogP contribution in [0.5, 0.6) is 0 Å². The molecule has 1 aliphatic rings. The van der Waals surface area contributed by atoms with E-state index in [1.807, 2.05) is 18.2 Å². The molecular weight excluding hydrogens is 228 g/mol. The number of methoxy groups -OCH3 is 1. The summed E-state index contributed by atoms with van der Waals surface area (Å²) >= 11 is 0. The van der Waals surface area contributed by atoms with E-state index in [1.54, 1.807) is 13.4 Å². The van der Waals surface area contributed by atoms with Crippen molar-refractivity contribution >= 4 is 22.4 Å². The Balaban J connectivity index is 1.84. The second-order valence-corrected chi connectivity index (χ2v) is 4.67. The summed E-state index contributed by atoms with van der Waals surface area (Å²) in [6, 6.07) is 6.13. The molecule has 94 valence electrons. The normalized spacial score (nSPS) is 22.7. The summed E-state index contributed by atoms with van der Waals surface area (Å²) in [6.45, 7) is 0. The van der Waals surface area contributed by atoms with Gasteiger partial charge in [-0.25, -0.2) is 9.97 Å². The van der Waals surface area contributed by atoms with Crippen LogP contribution in [0.1, 0.15) is 12.8 Å². The quantitative estimate of drug-likeness (QED) is 0.805. The summed E-state index contributed by atoms with van der Waals surface area (Å²) in [6.07, 6.45) is 4.00. The van der Waals surface area contributed by atoms with E-state index >= 15 is 0 Å². The lowest BCUT2D eigenvalue weighted by Crippen LogP contribution is -2.40. The van der Waals surface area contributed by atoms with Gasteiger partial charge >= 0.3 is 0 Å². The van der Waals surface area contributed by atoms with Crippen LogP contribution in [0.4, 0.5) is 11.5 Å². The van der Waals surface area contributed by atoms with Gasteiger partial charge in [-0.3, -0.25) is 0 Å². The molecule has 0 unspecified atom stereocenters. The van der Waals surface area contributed by atoms with E-state index < -0.39 is 0 Å². The monoisotopic (exact) mass is 244 g/mol. The van der Waals surface area contributed by atoms with E-state index in [0.29, 0.717) is 12.1 Å².